The number of carbonyl (C=O) groups is 1. The summed E-state index contributed by atoms with van der Waals surface area (Å²) in [6, 6.07) is 13.3. The lowest BCUT2D eigenvalue weighted by Crippen LogP contribution is -2.26. The van der Waals surface area contributed by atoms with Gasteiger partial charge in [0.25, 0.3) is 5.91 Å². The summed E-state index contributed by atoms with van der Waals surface area (Å²) < 4.78 is 5.63. The van der Waals surface area contributed by atoms with E-state index in [2.05, 4.69) is 43.4 Å². The molecule has 0 unspecified atom stereocenters. The number of carbonyl (C=O) groups excluding carboxylic acids is 1. The third-order valence-electron chi connectivity index (χ3n) is 5.68. The van der Waals surface area contributed by atoms with E-state index in [9.17, 15) is 4.79 Å². The van der Waals surface area contributed by atoms with Gasteiger partial charge in [-0.1, -0.05) is 29.8 Å². The van der Waals surface area contributed by atoms with Gasteiger partial charge in [-0.3, -0.25) is 4.79 Å². The second-order valence-electron chi connectivity index (χ2n) is 7.75. The first-order chi connectivity index (χ1) is 16.1. The van der Waals surface area contributed by atoms with Crippen molar-refractivity contribution in [2.75, 3.05) is 37.9 Å². The number of rotatable bonds is 7. The van der Waals surface area contributed by atoms with Crippen LogP contribution in [-0.4, -0.2) is 43.1 Å². The van der Waals surface area contributed by atoms with Crippen LogP contribution in [-0.2, 0) is 0 Å². The highest BCUT2D eigenvalue weighted by molar-refractivity contribution is 6.33. The second-order valence-corrected chi connectivity index (χ2v) is 8.16. The number of nitrogens with one attached hydrogen (secondary N) is 4. The average molecular weight is 467 g/mol. The van der Waals surface area contributed by atoms with Gasteiger partial charge in [-0.25, -0.2) is 4.98 Å². The summed E-state index contributed by atoms with van der Waals surface area (Å²) in [5.74, 6) is 1.78. The monoisotopic (exact) mass is 466 g/mol. The molecule has 1 fully saturated rings. The Bertz CT molecular complexity index is 1130. The molecule has 1 aliphatic heterocycles. The van der Waals surface area contributed by atoms with Gasteiger partial charge in [-0.05, 0) is 61.7 Å². The van der Waals surface area contributed by atoms with Crippen molar-refractivity contribution in [3.8, 4) is 5.75 Å². The number of para-hydroxylation sites is 1. The number of nitrogens with zero attached hydrogens (tertiary/aromatic N) is 2. The van der Waals surface area contributed by atoms with Crippen LogP contribution in [0.15, 0.2) is 48.7 Å². The molecule has 0 atom stereocenters. The summed E-state index contributed by atoms with van der Waals surface area (Å²) in [5.41, 5.74) is 3.10. The molecule has 9 heteroatoms. The van der Waals surface area contributed by atoms with Crippen LogP contribution < -0.4 is 26.0 Å². The Morgan fingerprint density at radius 1 is 1.12 bits per heavy atom. The number of halogens is 1. The molecule has 0 spiro atoms. The van der Waals surface area contributed by atoms with Crippen molar-refractivity contribution >= 4 is 40.6 Å². The van der Waals surface area contributed by atoms with Crippen molar-refractivity contribution in [3.05, 3.63) is 64.8 Å². The van der Waals surface area contributed by atoms with E-state index in [0.29, 0.717) is 34.0 Å². The number of anilines is 4. The second kappa shape index (κ2) is 10.5. The number of piperidine rings is 1. The van der Waals surface area contributed by atoms with E-state index in [1.54, 1.807) is 32.4 Å². The number of methoxy groups -OCH3 is 1. The first-order valence-electron chi connectivity index (χ1n) is 10.9. The highest BCUT2D eigenvalue weighted by atomic mass is 35.5. The zero-order valence-electron chi connectivity index (χ0n) is 18.6. The molecular weight excluding hydrogens is 440 g/mol. The van der Waals surface area contributed by atoms with Gasteiger partial charge in [0, 0.05) is 7.05 Å². The van der Waals surface area contributed by atoms with Crippen molar-refractivity contribution < 1.29 is 9.53 Å². The van der Waals surface area contributed by atoms with Gasteiger partial charge in [0.2, 0.25) is 5.95 Å². The summed E-state index contributed by atoms with van der Waals surface area (Å²) in [7, 11) is 3.24. The smallest absolute Gasteiger partial charge is 0.253 e. The minimum atomic E-state index is -0.208. The predicted molar refractivity (Wildman–Crippen MR) is 131 cm³/mol. The van der Waals surface area contributed by atoms with E-state index in [4.69, 9.17) is 16.3 Å². The SMILES string of the molecule is CNC(=O)c1ccccc1Nc1nc(Nc2ccc(C3CCNCC3)cc2OC)ncc1Cl. The Labute approximate surface area is 198 Å². The average Bonchev–Trinajstić information content (AvgIpc) is 2.86. The molecule has 3 aromatic rings. The minimum Gasteiger partial charge on any atom is -0.495 e. The van der Waals surface area contributed by atoms with Gasteiger partial charge < -0.3 is 26.0 Å². The molecule has 4 N–H and O–H groups in total. The summed E-state index contributed by atoms with van der Waals surface area (Å²) >= 11 is 6.33. The third kappa shape index (κ3) is 5.35. The fraction of sp³-hybridized carbons (Fsp3) is 0.292. The number of hydrogen-bond acceptors (Lipinski definition) is 7. The number of amides is 1. The van der Waals surface area contributed by atoms with Crippen molar-refractivity contribution in [2.24, 2.45) is 0 Å². The molecule has 0 bridgehead atoms. The van der Waals surface area contributed by atoms with Crippen LogP contribution >= 0.6 is 11.6 Å². The Kier molecular flexibility index (Phi) is 7.26. The maximum atomic E-state index is 12.2. The van der Waals surface area contributed by atoms with Crippen LogP contribution in [0.5, 0.6) is 5.75 Å². The van der Waals surface area contributed by atoms with Gasteiger partial charge in [-0.15, -0.1) is 0 Å². The van der Waals surface area contributed by atoms with Crippen molar-refractivity contribution in [2.45, 2.75) is 18.8 Å². The highest BCUT2D eigenvalue weighted by Crippen LogP contribution is 2.34. The molecule has 2 aromatic carbocycles. The van der Waals surface area contributed by atoms with Gasteiger partial charge in [0.05, 0.1) is 30.2 Å². The standard InChI is InChI=1S/C24H27ClN6O2/c1-26-23(32)17-5-3-4-6-19(17)29-22-18(25)14-28-24(31-22)30-20-8-7-16(13-21(20)33-2)15-9-11-27-12-10-15/h3-8,13-15,27H,9-12H2,1-2H3,(H,26,32)(H2,28,29,30,31). The van der Waals surface area contributed by atoms with Crippen molar-refractivity contribution in [1.82, 2.24) is 20.6 Å². The first-order valence-corrected chi connectivity index (χ1v) is 11.2. The molecule has 0 saturated carbocycles. The molecule has 1 aromatic heterocycles. The topological polar surface area (TPSA) is 100 Å². The summed E-state index contributed by atoms with van der Waals surface area (Å²) in [6.07, 6.45) is 3.74. The predicted octanol–water partition coefficient (Wildman–Crippen LogP) is 4.45. The van der Waals surface area contributed by atoms with Crippen LogP contribution in [0.2, 0.25) is 5.02 Å². The highest BCUT2D eigenvalue weighted by Gasteiger charge is 2.18. The maximum Gasteiger partial charge on any atom is 0.253 e. The normalized spacial score (nSPS) is 13.9. The molecule has 1 aliphatic rings. The Morgan fingerprint density at radius 2 is 1.91 bits per heavy atom. The third-order valence-corrected chi connectivity index (χ3v) is 5.96. The molecule has 1 saturated heterocycles. The van der Waals surface area contributed by atoms with Crippen LogP contribution in [0.3, 0.4) is 0 Å². The molecule has 172 valence electrons. The number of aromatic nitrogens is 2. The molecule has 2 heterocycles. The quantitative estimate of drug-likeness (QED) is 0.408. The lowest BCUT2D eigenvalue weighted by molar-refractivity contribution is 0.0964. The number of hydrogen-bond donors (Lipinski definition) is 4. The largest absolute Gasteiger partial charge is 0.495 e. The van der Waals surface area contributed by atoms with E-state index in [1.165, 1.54) is 11.8 Å². The van der Waals surface area contributed by atoms with Crippen LogP contribution in [0.1, 0.15) is 34.7 Å². The van der Waals surface area contributed by atoms with E-state index >= 15 is 0 Å². The fourth-order valence-corrected chi connectivity index (χ4v) is 4.05. The van der Waals surface area contributed by atoms with Crippen molar-refractivity contribution in [1.29, 1.82) is 0 Å². The van der Waals surface area contributed by atoms with Crippen LogP contribution in [0, 0.1) is 0 Å². The van der Waals surface area contributed by atoms with Crippen LogP contribution in [0.25, 0.3) is 0 Å². The zero-order valence-corrected chi connectivity index (χ0v) is 19.4. The molecular formula is C24H27ClN6O2. The summed E-state index contributed by atoms with van der Waals surface area (Å²) in [5, 5.41) is 12.7. The van der Waals surface area contributed by atoms with E-state index in [0.717, 1.165) is 37.4 Å². The van der Waals surface area contributed by atoms with E-state index < -0.39 is 0 Å². The number of ether oxygens (including phenoxy) is 1. The fourth-order valence-electron chi connectivity index (χ4n) is 3.91. The molecule has 0 aliphatic carbocycles. The zero-order chi connectivity index (χ0) is 23.2. The molecule has 4 rings (SSSR count). The number of benzene rings is 2. The minimum absolute atomic E-state index is 0.208. The maximum absolute atomic E-state index is 12.2. The van der Waals surface area contributed by atoms with Gasteiger partial charge in [-0.2, -0.15) is 4.98 Å². The molecule has 33 heavy (non-hydrogen) atoms. The van der Waals surface area contributed by atoms with E-state index in [1.807, 2.05) is 12.1 Å². The van der Waals surface area contributed by atoms with Crippen molar-refractivity contribution in [3.63, 3.8) is 0 Å². The Balaban J connectivity index is 1.57. The van der Waals surface area contributed by atoms with Gasteiger partial charge in [0.15, 0.2) is 5.82 Å². The Hall–Kier alpha value is -3.36. The molecule has 8 nitrogen and oxygen atoms in total. The summed E-state index contributed by atoms with van der Waals surface area (Å²) in [4.78, 5) is 21.0. The molecule has 0 radical (unpaired) electrons. The lowest BCUT2D eigenvalue weighted by Gasteiger charge is -2.24. The molecule has 1 amide bonds. The summed E-state index contributed by atoms with van der Waals surface area (Å²) in [6.45, 7) is 2.06. The lowest BCUT2D eigenvalue weighted by atomic mass is 9.90. The Morgan fingerprint density at radius 3 is 2.67 bits per heavy atom. The van der Waals surface area contributed by atoms with Crippen LogP contribution in [0.4, 0.5) is 23.1 Å². The first kappa shape index (κ1) is 22.8. The van der Waals surface area contributed by atoms with Gasteiger partial charge >= 0.3 is 0 Å². The van der Waals surface area contributed by atoms with Gasteiger partial charge in [0.1, 0.15) is 10.8 Å². The van der Waals surface area contributed by atoms with E-state index in [-0.39, 0.29) is 5.91 Å².